The van der Waals surface area contributed by atoms with E-state index < -0.39 is 7.59 Å². The second kappa shape index (κ2) is 4.65. The zero-order valence-corrected chi connectivity index (χ0v) is 8.90. The Bertz CT molecular complexity index is 161. The standard InChI is InChI=1S/C4H12Cl2N3OP/c1-3-8(4-2)11(7,10)9(5)6/h3-4H2,1-2H3,(H2,7,10). The summed E-state index contributed by atoms with van der Waals surface area (Å²) in [6.45, 7) is 4.78. The molecule has 1 atom stereocenters. The second-order valence-corrected chi connectivity index (χ2v) is 5.41. The predicted molar refractivity (Wildman–Crippen MR) is 48.3 cm³/mol. The predicted octanol–water partition coefficient (Wildman–Crippen LogP) is 2.00. The van der Waals surface area contributed by atoms with Gasteiger partial charge >= 0.3 is 7.59 Å². The van der Waals surface area contributed by atoms with Gasteiger partial charge in [-0.3, -0.25) is 10.1 Å². The highest BCUT2D eigenvalue weighted by Crippen LogP contribution is 2.47. The van der Waals surface area contributed by atoms with Gasteiger partial charge in [-0.1, -0.05) is 13.8 Å². The minimum absolute atomic E-state index is 0.528. The average molecular weight is 220 g/mol. The minimum Gasteiger partial charge on any atom is -0.268 e. The van der Waals surface area contributed by atoms with Gasteiger partial charge in [0.15, 0.2) is 0 Å². The molecule has 2 N–H and O–H groups in total. The molecule has 7 heteroatoms. The first-order valence-corrected chi connectivity index (χ1v) is 5.58. The molecule has 0 fully saturated rings. The van der Waals surface area contributed by atoms with Crippen LogP contribution in [0.2, 0.25) is 0 Å². The van der Waals surface area contributed by atoms with Gasteiger partial charge in [0, 0.05) is 36.6 Å². The molecule has 0 bridgehead atoms. The SMILES string of the molecule is CCN(CC)P(N)(=O)N(Cl)Cl. The molecule has 4 nitrogen and oxygen atoms in total. The van der Waals surface area contributed by atoms with Crippen molar-refractivity contribution in [1.29, 1.82) is 0 Å². The van der Waals surface area contributed by atoms with E-state index in [0.29, 0.717) is 16.8 Å². The van der Waals surface area contributed by atoms with Gasteiger partial charge in [-0.2, -0.15) is 0 Å². The smallest absolute Gasteiger partial charge is 0.268 e. The van der Waals surface area contributed by atoms with Gasteiger partial charge in [0.05, 0.1) is 0 Å². The van der Waals surface area contributed by atoms with E-state index in [9.17, 15) is 4.57 Å². The molecule has 0 aromatic carbocycles. The molecule has 0 spiro atoms. The van der Waals surface area contributed by atoms with Crippen LogP contribution in [0.25, 0.3) is 0 Å². The lowest BCUT2D eigenvalue weighted by Crippen LogP contribution is -2.27. The molecule has 0 aromatic rings. The number of rotatable bonds is 4. The fourth-order valence-electron chi connectivity index (χ4n) is 0.724. The summed E-state index contributed by atoms with van der Waals surface area (Å²) in [5.41, 5.74) is 5.37. The molecule has 0 radical (unpaired) electrons. The Kier molecular flexibility index (Phi) is 4.94. The van der Waals surface area contributed by atoms with Crippen LogP contribution in [-0.4, -0.2) is 21.5 Å². The van der Waals surface area contributed by atoms with Crippen molar-refractivity contribution in [2.75, 3.05) is 13.1 Å². The Labute approximate surface area is 77.0 Å². The number of halogens is 2. The summed E-state index contributed by atoms with van der Waals surface area (Å²) in [7, 11) is -3.18. The van der Waals surface area contributed by atoms with Crippen molar-refractivity contribution in [3.63, 3.8) is 0 Å². The molecule has 0 aromatic heterocycles. The highest BCUT2D eigenvalue weighted by Gasteiger charge is 2.29. The maximum atomic E-state index is 11.4. The molecule has 0 rings (SSSR count). The molecule has 0 aliphatic heterocycles. The molecule has 11 heavy (non-hydrogen) atoms. The summed E-state index contributed by atoms with van der Waals surface area (Å²) in [4.78, 5) is 0. The molecular weight excluding hydrogens is 208 g/mol. The van der Waals surface area contributed by atoms with Gasteiger partial charge in [-0.25, -0.2) is 4.67 Å². The quantitative estimate of drug-likeness (QED) is 0.581. The van der Waals surface area contributed by atoms with E-state index in [2.05, 4.69) is 0 Å². The van der Waals surface area contributed by atoms with Crippen LogP contribution in [0.3, 0.4) is 0 Å². The topological polar surface area (TPSA) is 49.6 Å². The van der Waals surface area contributed by atoms with Gasteiger partial charge in [-0.05, 0) is 3.71 Å². The molecule has 0 amide bonds. The Hall–Kier alpha value is 0.690. The third-order valence-electron chi connectivity index (χ3n) is 1.35. The molecule has 0 aliphatic rings. The second-order valence-electron chi connectivity index (χ2n) is 1.94. The number of hydrogen-bond donors (Lipinski definition) is 1. The van der Waals surface area contributed by atoms with Crippen LogP contribution in [0.1, 0.15) is 13.8 Å². The Morgan fingerprint density at radius 2 is 1.73 bits per heavy atom. The van der Waals surface area contributed by atoms with Crippen molar-refractivity contribution in [1.82, 2.24) is 8.38 Å². The van der Waals surface area contributed by atoms with Crippen LogP contribution in [0.4, 0.5) is 0 Å². The Morgan fingerprint density at radius 3 is 1.82 bits per heavy atom. The van der Waals surface area contributed by atoms with Crippen molar-refractivity contribution >= 4 is 31.1 Å². The summed E-state index contributed by atoms with van der Waals surface area (Å²) < 4.78 is 13.5. The number of hydrogen-bond acceptors (Lipinski definition) is 1. The normalized spacial score (nSPS) is 17.4. The summed E-state index contributed by atoms with van der Waals surface area (Å²) in [6, 6.07) is 0. The first-order chi connectivity index (χ1) is 4.96. The molecule has 0 heterocycles. The van der Waals surface area contributed by atoms with Crippen LogP contribution in [-0.2, 0) is 4.57 Å². The maximum Gasteiger partial charge on any atom is 0.309 e. The summed E-state index contributed by atoms with van der Waals surface area (Å²) in [5.74, 6) is 0. The minimum atomic E-state index is -3.18. The van der Waals surface area contributed by atoms with E-state index in [1.165, 1.54) is 4.67 Å². The van der Waals surface area contributed by atoms with Crippen LogP contribution in [0.5, 0.6) is 0 Å². The first kappa shape index (κ1) is 11.7. The van der Waals surface area contributed by atoms with Crippen LogP contribution >= 0.6 is 31.1 Å². The Balaban J connectivity index is 4.38. The lowest BCUT2D eigenvalue weighted by atomic mass is 10.7. The molecule has 0 saturated carbocycles. The summed E-state index contributed by atoms with van der Waals surface area (Å²) in [5, 5.41) is 0. The van der Waals surface area contributed by atoms with E-state index in [-0.39, 0.29) is 0 Å². The average Bonchev–Trinajstić information content (AvgIpc) is 1.89. The van der Waals surface area contributed by atoms with Gasteiger partial charge < -0.3 is 0 Å². The van der Waals surface area contributed by atoms with Crippen LogP contribution in [0, 0.1) is 0 Å². The zero-order chi connectivity index (χ0) is 9.07. The lowest BCUT2D eigenvalue weighted by molar-refractivity contribution is 0.429. The molecular formula is C4H12Cl2N3OP. The van der Waals surface area contributed by atoms with Crippen molar-refractivity contribution in [2.24, 2.45) is 5.50 Å². The van der Waals surface area contributed by atoms with Gasteiger partial charge in [-0.15, -0.1) is 0 Å². The molecule has 0 aliphatic carbocycles. The van der Waals surface area contributed by atoms with Crippen molar-refractivity contribution in [3.05, 3.63) is 0 Å². The number of nitrogens with two attached hydrogens (primary N) is 1. The molecule has 0 saturated heterocycles. The fraction of sp³-hybridized carbons (Fsp3) is 1.00. The lowest BCUT2D eigenvalue weighted by Gasteiger charge is -2.26. The van der Waals surface area contributed by atoms with E-state index >= 15 is 0 Å². The van der Waals surface area contributed by atoms with Crippen molar-refractivity contribution < 1.29 is 4.57 Å². The molecule has 68 valence electrons. The molecule has 1 unspecified atom stereocenters. The van der Waals surface area contributed by atoms with Crippen molar-refractivity contribution in [3.8, 4) is 0 Å². The zero-order valence-electron chi connectivity index (χ0n) is 6.50. The Morgan fingerprint density at radius 1 is 1.36 bits per heavy atom. The monoisotopic (exact) mass is 219 g/mol. The maximum absolute atomic E-state index is 11.4. The van der Waals surface area contributed by atoms with E-state index in [1.54, 1.807) is 0 Å². The highest BCUT2D eigenvalue weighted by atomic mass is 35.5. The van der Waals surface area contributed by atoms with Crippen molar-refractivity contribution in [2.45, 2.75) is 13.8 Å². The summed E-state index contributed by atoms with van der Waals surface area (Å²) in [6.07, 6.45) is 0. The number of nitrogens with zero attached hydrogens (tertiary/aromatic N) is 2. The third-order valence-corrected chi connectivity index (χ3v) is 4.46. The van der Waals surface area contributed by atoms with E-state index in [1.807, 2.05) is 13.8 Å². The summed E-state index contributed by atoms with van der Waals surface area (Å²) >= 11 is 10.6. The van der Waals surface area contributed by atoms with Crippen LogP contribution in [0.15, 0.2) is 0 Å². The van der Waals surface area contributed by atoms with Gasteiger partial charge in [0.2, 0.25) is 0 Å². The highest BCUT2D eigenvalue weighted by molar-refractivity contribution is 7.59. The fourth-order valence-corrected chi connectivity index (χ4v) is 2.30. The first-order valence-electron chi connectivity index (χ1n) is 3.23. The van der Waals surface area contributed by atoms with E-state index in [0.717, 1.165) is 0 Å². The van der Waals surface area contributed by atoms with Gasteiger partial charge in [0.25, 0.3) is 0 Å². The van der Waals surface area contributed by atoms with Gasteiger partial charge in [0.1, 0.15) is 0 Å². The van der Waals surface area contributed by atoms with Crippen LogP contribution < -0.4 is 5.50 Å². The third kappa shape index (κ3) is 2.90. The van der Waals surface area contributed by atoms with E-state index in [4.69, 9.17) is 29.1 Å². The largest absolute Gasteiger partial charge is 0.309 e.